The number of hydrogen-bond donors (Lipinski definition) is 0. The quantitative estimate of drug-likeness (QED) is 0.0554. The van der Waals surface area contributed by atoms with Gasteiger partial charge in [-0.15, -0.1) is 0 Å². The van der Waals surface area contributed by atoms with E-state index in [1.807, 2.05) is 6.29 Å². The largest absolute Gasteiger partial charge is 0.299 e. The lowest BCUT2D eigenvalue weighted by atomic mass is 9.94. The first-order valence-corrected chi connectivity index (χ1v) is 16.3. The van der Waals surface area contributed by atoms with E-state index in [-0.39, 0.29) is 5.78 Å². The molecule has 1 atom stereocenters. The number of Topliss-reactive ketones (excluding diaryl/α,β-unsaturated/α-hetero) is 1. The first-order chi connectivity index (χ1) is 17.8. The van der Waals surface area contributed by atoms with Crippen molar-refractivity contribution in [3.8, 4) is 0 Å². The van der Waals surface area contributed by atoms with Gasteiger partial charge in [0.2, 0.25) is 6.29 Å². The molecule has 0 aromatic carbocycles. The summed E-state index contributed by atoms with van der Waals surface area (Å²) in [5.74, 6) is -0.337. The number of ketones is 1. The van der Waals surface area contributed by atoms with E-state index in [9.17, 15) is 9.59 Å². The summed E-state index contributed by atoms with van der Waals surface area (Å²) < 4.78 is 0. The second-order valence-electron chi connectivity index (χ2n) is 11.1. The third-order valence-electron chi connectivity index (χ3n) is 7.56. The smallest absolute Gasteiger partial charge is 0.209 e. The lowest BCUT2D eigenvalue weighted by Gasteiger charge is -2.09. The van der Waals surface area contributed by atoms with Crippen molar-refractivity contribution in [1.82, 2.24) is 0 Å². The van der Waals surface area contributed by atoms with Crippen LogP contribution in [0.3, 0.4) is 0 Å². The average Bonchev–Trinajstić information content (AvgIpc) is 2.89. The van der Waals surface area contributed by atoms with E-state index in [1.165, 1.54) is 135 Å². The molecule has 0 fully saturated rings. The lowest BCUT2D eigenvalue weighted by molar-refractivity contribution is -0.121. The number of unbranched alkanes of at least 4 members (excludes halogenated alkanes) is 22. The van der Waals surface area contributed by atoms with Crippen molar-refractivity contribution < 1.29 is 9.59 Å². The van der Waals surface area contributed by atoms with Gasteiger partial charge in [0.1, 0.15) is 5.78 Å². The van der Waals surface area contributed by atoms with E-state index in [4.69, 9.17) is 0 Å². The van der Waals surface area contributed by atoms with Crippen molar-refractivity contribution >= 4 is 12.1 Å². The molecule has 0 saturated carbocycles. The van der Waals surface area contributed by atoms with Gasteiger partial charge < -0.3 is 0 Å². The van der Waals surface area contributed by atoms with Gasteiger partial charge in [-0.1, -0.05) is 154 Å². The SMILES string of the molecule is CCCCCCCC/C=C\CCCCCCCC(=O)C([C]=O)CCCCCCCCCCCCCC. The summed E-state index contributed by atoms with van der Waals surface area (Å²) in [4.78, 5) is 23.7. The van der Waals surface area contributed by atoms with Crippen LogP contribution < -0.4 is 0 Å². The van der Waals surface area contributed by atoms with Crippen molar-refractivity contribution in [2.45, 2.75) is 187 Å². The van der Waals surface area contributed by atoms with E-state index >= 15 is 0 Å². The van der Waals surface area contributed by atoms with Crippen molar-refractivity contribution in [3.05, 3.63) is 12.2 Å². The van der Waals surface area contributed by atoms with Gasteiger partial charge in [0.15, 0.2) is 0 Å². The zero-order chi connectivity index (χ0) is 26.4. The topological polar surface area (TPSA) is 34.1 Å². The van der Waals surface area contributed by atoms with E-state index in [0.29, 0.717) is 12.8 Å². The molecule has 0 heterocycles. The number of hydrogen-bond acceptors (Lipinski definition) is 2. The predicted octanol–water partition coefficient (Wildman–Crippen LogP) is 11.4. The van der Waals surface area contributed by atoms with Crippen molar-refractivity contribution in [2.24, 2.45) is 5.92 Å². The van der Waals surface area contributed by atoms with Crippen LogP contribution in [-0.4, -0.2) is 12.1 Å². The van der Waals surface area contributed by atoms with E-state index < -0.39 is 5.92 Å². The van der Waals surface area contributed by atoms with Crippen LogP contribution in [0, 0.1) is 5.92 Å². The molecule has 0 N–H and O–H groups in total. The molecule has 0 spiro atoms. The lowest BCUT2D eigenvalue weighted by Crippen LogP contribution is -2.15. The highest BCUT2D eigenvalue weighted by atomic mass is 16.1. The normalized spacial score (nSPS) is 12.4. The molecule has 2 heteroatoms. The van der Waals surface area contributed by atoms with E-state index in [2.05, 4.69) is 26.0 Å². The minimum Gasteiger partial charge on any atom is -0.299 e. The molecular weight excluding hydrogens is 440 g/mol. The summed E-state index contributed by atoms with van der Waals surface area (Å²) in [7, 11) is 0. The molecule has 211 valence electrons. The Balaban J connectivity index is 3.47. The number of allylic oxidation sites excluding steroid dienone is 2. The molecule has 0 rings (SSSR count). The number of carbonyl (C=O) groups is 1. The Morgan fingerprint density at radius 1 is 0.528 bits per heavy atom. The molecule has 0 amide bonds. The van der Waals surface area contributed by atoms with Crippen molar-refractivity contribution in [2.75, 3.05) is 0 Å². The zero-order valence-corrected chi connectivity index (χ0v) is 24.6. The van der Waals surface area contributed by atoms with Gasteiger partial charge in [-0.05, 0) is 38.5 Å². The second-order valence-corrected chi connectivity index (χ2v) is 11.1. The average molecular weight is 504 g/mol. The molecule has 0 aliphatic heterocycles. The van der Waals surface area contributed by atoms with Crippen LogP contribution in [0.4, 0.5) is 0 Å². The van der Waals surface area contributed by atoms with Crippen LogP contribution in [0.15, 0.2) is 12.2 Å². The first-order valence-electron chi connectivity index (χ1n) is 16.3. The maximum Gasteiger partial charge on any atom is 0.209 e. The fourth-order valence-corrected chi connectivity index (χ4v) is 5.02. The molecule has 0 saturated heterocycles. The molecule has 0 aromatic heterocycles. The van der Waals surface area contributed by atoms with Crippen LogP contribution in [-0.2, 0) is 9.59 Å². The minimum atomic E-state index is -0.468. The second kappa shape index (κ2) is 30.3. The van der Waals surface area contributed by atoms with Crippen molar-refractivity contribution in [3.63, 3.8) is 0 Å². The Labute approximate surface area is 226 Å². The van der Waals surface area contributed by atoms with Crippen LogP contribution in [0.5, 0.6) is 0 Å². The Bertz CT molecular complexity index is 482. The predicted molar refractivity (Wildman–Crippen MR) is 159 cm³/mol. The third-order valence-corrected chi connectivity index (χ3v) is 7.56. The monoisotopic (exact) mass is 503 g/mol. The van der Waals surface area contributed by atoms with E-state index in [0.717, 1.165) is 25.7 Å². The Morgan fingerprint density at radius 2 is 0.889 bits per heavy atom. The fourth-order valence-electron chi connectivity index (χ4n) is 5.02. The van der Waals surface area contributed by atoms with Gasteiger partial charge >= 0.3 is 0 Å². The highest BCUT2D eigenvalue weighted by molar-refractivity contribution is 5.93. The Hall–Kier alpha value is -0.920. The fraction of sp³-hybridized carbons (Fsp3) is 0.882. The summed E-state index contributed by atoms with van der Waals surface area (Å²) in [5.41, 5.74) is 0. The molecule has 1 unspecified atom stereocenters. The van der Waals surface area contributed by atoms with Gasteiger partial charge in [-0.3, -0.25) is 9.59 Å². The van der Waals surface area contributed by atoms with Gasteiger partial charge in [0.25, 0.3) is 0 Å². The molecule has 0 aromatic rings. The third kappa shape index (κ3) is 26.2. The molecule has 0 aliphatic carbocycles. The van der Waals surface area contributed by atoms with Gasteiger partial charge in [0.05, 0.1) is 5.92 Å². The standard InChI is InChI=1S/C34H63O2/c1-3-5-7-9-11-13-15-17-18-19-21-23-25-27-29-31-34(36)33(32-35)30-28-26-24-22-20-16-14-12-10-8-6-4-2/h17-18,33H,3-16,19-31H2,1-2H3/b18-17-. The van der Waals surface area contributed by atoms with Crippen molar-refractivity contribution in [1.29, 1.82) is 0 Å². The molecule has 0 aliphatic rings. The minimum absolute atomic E-state index is 0.130. The molecule has 0 bridgehead atoms. The van der Waals surface area contributed by atoms with Crippen LogP contribution in [0.25, 0.3) is 0 Å². The summed E-state index contributed by atoms with van der Waals surface area (Å²) in [6.07, 6.45) is 40.1. The molecular formula is C34H63O2. The highest BCUT2D eigenvalue weighted by Gasteiger charge is 2.17. The van der Waals surface area contributed by atoms with Gasteiger partial charge in [0, 0.05) is 6.42 Å². The van der Waals surface area contributed by atoms with Gasteiger partial charge in [-0.2, -0.15) is 0 Å². The molecule has 1 radical (unpaired) electrons. The first kappa shape index (κ1) is 35.1. The zero-order valence-electron chi connectivity index (χ0n) is 24.6. The van der Waals surface area contributed by atoms with Crippen LogP contribution in [0.1, 0.15) is 187 Å². The molecule has 36 heavy (non-hydrogen) atoms. The summed E-state index contributed by atoms with van der Waals surface area (Å²) in [5, 5.41) is 0. The summed E-state index contributed by atoms with van der Waals surface area (Å²) >= 11 is 0. The maximum absolute atomic E-state index is 12.4. The summed E-state index contributed by atoms with van der Waals surface area (Å²) in [6.45, 7) is 4.54. The molecule has 2 nitrogen and oxygen atoms in total. The maximum atomic E-state index is 12.4. The van der Waals surface area contributed by atoms with E-state index in [1.54, 1.807) is 0 Å². The van der Waals surface area contributed by atoms with Crippen LogP contribution >= 0.6 is 0 Å². The van der Waals surface area contributed by atoms with Gasteiger partial charge in [-0.25, -0.2) is 0 Å². The Kier molecular flexibility index (Phi) is 29.5. The Morgan fingerprint density at radius 3 is 1.31 bits per heavy atom. The number of carbonyl (C=O) groups excluding carboxylic acids is 2. The van der Waals surface area contributed by atoms with Crippen LogP contribution in [0.2, 0.25) is 0 Å². The number of rotatable bonds is 30. The summed E-state index contributed by atoms with van der Waals surface area (Å²) in [6, 6.07) is 0. The highest BCUT2D eigenvalue weighted by Crippen LogP contribution is 2.17.